The monoisotopic (exact) mass is 221 g/mol. The zero-order valence-electron chi connectivity index (χ0n) is 10.7. The van der Waals surface area contributed by atoms with Gasteiger partial charge in [0.2, 0.25) is 0 Å². The molecule has 1 aliphatic rings. The van der Waals surface area contributed by atoms with Gasteiger partial charge in [-0.1, -0.05) is 26.7 Å². The second kappa shape index (κ2) is 5.00. The molecule has 2 rings (SSSR count). The fraction of sp³-hybridized carbons (Fsp3) is 0.769. The van der Waals surface area contributed by atoms with E-state index in [1.807, 2.05) is 6.33 Å². The van der Waals surface area contributed by atoms with Crippen LogP contribution < -0.4 is 5.32 Å². The Labute approximate surface area is 98.3 Å². The number of aryl methyl sites for hydroxylation is 1. The maximum absolute atomic E-state index is 4.54. The summed E-state index contributed by atoms with van der Waals surface area (Å²) in [5.74, 6) is 0.812. The minimum absolute atomic E-state index is 0.490. The molecule has 90 valence electrons. The van der Waals surface area contributed by atoms with Gasteiger partial charge in [-0.15, -0.1) is 0 Å². The van der Waals surface area contributed by atoms with Crippen LogP contribution >= 0.6 is 0 Å². The Morgan fingerprint density at radius 3 is 3.12 bits per heavy atom. The van der Waals surface area contributed by atoms with Crippen molar-refractivity contribution in [2.45, 2.75) is 45.6 Å². The van der Waals surface area contributed by atoms with Crippen molar-refractivity contribution in [2.75, 3.05) is 6.54 Å². The molecule has 0 saturated heterocycles. The van der Waals surface area contributed by atoms with Crippen molar-refractivity contribution in [1.82, 2.24) is 14.9 Å². The molecule has 0 aliphatic carbocycles. The predicted octanol–water partition coefficient (Wildman–Crippen LogP) is 2.43. The lowest BCUT2D eigenvalue weighted by molar-refractivity contribution is 0.423. The zero-order chi connectivity index (χ0) is 11.5. The van der Waals surface area contributed by atoms with Gasteiger partial charge in [0.1, 0.15) is 0 Å². The number of nitrogens with zero attached hydrogens (tertiary/aromatic N) is 2. The highest BCUT2D eigenvalue weighted by atomic mass is 15.1. The highest BCUT2D eigenvalue weighted by Gasteiger charge is 2.22. The number of imidazole rings is 1. The smallest absolute Gasteiger partial charge is 0.0949 e. The lowest BCUT2D eigenvalue weighted by Crippen LogP contribution is -2.30. The van der Waals surface area contributed by atoms with Crippen molar-refractivity contribution < 1.29 is 0 Å². The average molecular weight is 221 g/mol. The number of rotatable bonds is 4. The van der Waals surface area contributed by atoms with E-state index in [2.05, 4.69) is 35.8 Å². The lowest BCUT2D eigenvalue weighted by atomic mass is 9.97. The van der Waals surface area contributed by atoms with Gasteiger partial charge in [0.25, 0.3) is 0 Å². The zero-order valence-corrected chi connectivity index (χ0v) is 10.7. The van der Waals surface area contributed by atoms with Crippen molar-refractivity contribution in [3.05, 3.63) is 17.7 Å². The van der Waals surface area contributed by atoms with Crippen LogP contribution in [-0.4, -0.2) is 16.1 Å². The van der Waals surface area contributed by atoms with E-state index in [4.69, 9.17) is 0 Å². The largest absolute Gasteiger partial charge is 0.337 e. The Balaban J connectivity index is 1.96. The van der Waals surface area contributed by atoms with Crippen LogP contribution in [0.2, 0.25) is 0 Å². The highest BCUT2D eigenvalue weighted by molar-refractivity contribution is 5.20. The van der Waals surface area contributed by atoms with Gasteiger partial charge in [0, 0.05) is 25.7 Å². The predicted molar refractivity (Wildman–Crippen MR) is 66.3 cm³/mol. The van der Waals surface area contributed by atoms with Crippen molar-refractivity contribution in [2.24, 2.45) is 13.0 Å². The fourth-order valence-corrected chi connectivity index (χ4v) is 2.50. The van der Waals surface area contributed by atoms with Crippen LogP contribution in [0.25, 0.3) is 0 Å². The van der Waals surface area contributed by atoms with Crippen molar-refractivity contribution in [1.29, 1.82) is 0 Å². The number of hydrogen-bond acceptors (Lipinski definition) is 2. The molecule has 1 unspecified atom stereocenters. The molecule has 0 saturated carbocycles. The Kier molecular flexibility index (Phi) is 3.64. The lowest BCUT2D eigenvalue weighted by Gasteiger charge is -2.24. The molecule has 2 heterocycles. The molecule has 0 amide bonds. The van der Waals surface area contributed by atoms with Crippen LogP contribution in [0.1, 0.15) is 50.5 Å². The van der Waals surface area contributed by atoms with E-state index in [0.717, 1.165) is 18.9 Å². The maximum Gasteiger partial charge on any atom is 0.0949 e. The van der Waals surface area contributed by atoms with Crippen LogP contribution in [0.4, 0.5) is 0 Å². The quantitative estimate of drug-likeness (QED) is 0.846. The number of hydrogen-bond donors (Lipinski definition) is 1. The third kappa shape index (κ3) is 2.46. The van der Waals surface area contributed by atoms with E-state index in [-0.39, 0.29) is 0 Å². The van der Waals surface area contributed by atoms with Crippen molar-refractivity contribution in [3.63, 3.8) is 0 Å². The third-order valence-corrected chi connectivity index (χ3v) is 3.45. The summed E-state index contributed by atoms with van der Waals surface area (Å²) >= 11 is 0. The third-order valence-electron chi connectivity index (χ3n) is 3.45. The summed E-state index contributed by atoms with van der Waals surface area (Å²) < 4.78 is 2.17. The number of nitrogens with one attached hydrogen (secondary N) is 1. The van der Waals surface area contributed by atoms with Gasteiger partial charge < -0.3 is 9.88 Å². The molecule has 1 aromatic heterocycles. The molecule has 16 heavy (non-hydrogen) atoms. The molecule has 1 atom stereocenters. The van der Waals surface area contributed by atoms with Gasteiger partial charge >= 0.3 is 0 Å². The molecule has 0 fully saturated rings. The van der Waals surface area contributed by atoms with E-state index < -0.39 is 0 Å². The molecule has 1 aromatic rings. The first-order chi connectivity index (χ1) is 7.68. The summed E-state index contributed by atoms with van der Waals surface area (Å²) in [6, 6.07) is 0.490. The van der Waals surface area contributed by atoms with Crippen LogP contribution in [-0.2, 0) is 13.5 Å². The second-order valence-electron chi connectivity index (χ2n) is 5.27. The van der Waals surface area contributed by atoms with Crippen LogP contribution in [0.5, 0.6) is 0 Å². The molecule has 3 heteroatoms. The van der Waals surface area contributed by atoms with Gasteiger partial charge in [0.05, 0.1) is 18.1 Å². The van der Waals surface area contributed by atoms with Crippen molar-refractivity contribution >= 4 is 0 Å². The number of aromatic nitrogens is 2. The van der Waals surface area contributed by atoms with E-state index in [1.54, 1.807) is 0 Å². The summed E-state index contributed by atoms with van der Waals surface area (Å²) in [7, 11) is 2.10. The van der Waals surface area contributed by atoms with Crippen LogP contribution in [0.15, 0.2) is 6.33 Å². The number of fused-ring (bicyclic) bond motifs is 1. The first-order valence-corrected chi connectivity index (χ1v) is 6.42. The molecule has 0 radical (unpaired) electrons. The summed E-state index contributed by atoms with van der Waals surface area (Å²) in [6.45, 7) is 5.68. The standard InChI is InChI=1S/C13H23N3/c1-10(2)5-4-6-11-13-12(7-8-14-11)16(3)9-15-13/h9-11,14H,4-8H2,1-3H3. The van der Waals surface area contributed by atoms with E-state index in [1.165, 1.54) is 30.7 Å². The van der Waals surface area contributed by atoms with E-state index >= 15 is 0 Å². The molecule has 0 spiro atoms. The van der Waals surface area contributed by atoms with Gasteiger partial charge in [-0.25, -0.2) is 4.98 Å². The van der Waals surface area contributed by atoms with Gasteiger partial charge in [-0.05, 0) is 12.3 Å². The SMILES string of the molecule is CC(C)CCCC1NCCc2c1ncn2C. The first-order valence-electron chi connectivity index (χ1n) is 6.42. The average Bonchev–Trinajstić information content (AvgIpc) is 2.61. The Bertz CT molecular complexity index is 341. The molecule has 1 N–H and O–H groups in total. The Morgan fingerprint density at radius 2 is 2.38 bits per heavy atom. The van der Waals surface area contributed by atoms with Gasteiger partial charge in [-0.3, -0.25) is 0 Å². The summed E-state index contributed by atoms with van der Waals surface area (Å²) in [6.07, 6.45) is 6.91. The Morgan fingerprint density at radius 1 is 1.56 bits per heavy atom. The summed E-state index contributed by atoms with van der Waals surface area (Å²) in [4.78, 5) is 4.54. The molecule has 0 bridgehead atoms. The Hall–Kier alpha value is -0.830. The minimum atomic E-state index is 0.490. The van der Waals surface area contributed by atoms with Gasteiger partial charge in [0.15, 0.2) is 0 Å². The maximum atomic E-state index is 4.54. The highest BCUT2D eigenvalue weighted by Crippen LogP contribution is 2.25. The first kappa shape index (κ1) is 11.6. The van der Waals surface area contributed by atoms with Crippen molar-refractivity contribution in [3.8, 4) is 0 Å². The fourth-order valence-electron chi connectivity index (χ4n) is 2.50. The summed E-state index contributed by atoms with van der Waals surface area (Å²) in [5, 5.41) is 3.59. The van der Waals surface area contributed by atoms with Crippen LogP contribution in [0, 0.1) is 5.92 Å². The minimum Gasteiger partial charge on any atom is -0.337 e. The van der Waals surface area contributed by atoms with E-state index in [9.17, 15) is 0 Å². The normalized spacial score (nSPS) is 20.1. The summed E-state index contributed by atoms with van der Waals surface area (Å²) in [5.41, 5.74) is 2.71. The molecule has 3 nitrogen and oxygen atoms in total. The van der Waals surface area contributed by atoms with Gasteiger partial charge in [-0.2, -0.15) is 0 Å². The molecular weight excluding hydrogens is 198 g/mol. The topological polar surface area (TPSA) is 29.9 Å². The molecular formula is C13H23N3. The molecule has 0 aromatic carbocycles. The second-order valence-corrected chi connectivity index (χ2v) is 5.27. The molecule has 1 aliphatic heterocycles. The van der Waals surface area contributed by atoms with E-state index in [0.29, 0.717) is 6.04 Å². The van der Waals surface area contributed by atoms with Crippen LogP contribution in [0.3, 0.4) is 0 Å².